The third-order valence-electron chi connectivity index (χ3n) is 9.82. The van der Waals surface area contributed by atoms with E-state index >= 15 is 0 Å². The molecule has 12 nitrogen and oxygen atoms in total. The van der Waals surface area contributed by atoms with Gasteiger partial charge in [0.25, 0.3) is 0 Å². The molecule has 0 spiro atoms. The molecule has 10 rings (SSSR count). The highest BCUT2D eigenvalue weighted by Gasteiger charge is 2.24. The van der Waals surface area contributed by atoms with Gasteiger partial charge in [-0.1, -0.05) is 54.6 Å². The molecule has 0 bridgehead atoms. The molecule has 0 fully saturated rings. The second kappa shape index (κ2) is 13.8. The van der Waals surface area contributed by atoms with Crippen LogP contribution in [-0.4, -0.2) is 64.9 Å². The van der Waals surface area contributed by atoms with Gasteiger partial charge in [-0.3, -0.25) is 13.7 Å². The summed E-state index contributed by atoms with van der Waals surface area (Å²) in [5, 5.41) is 0. The molecule has 0 N–H and O–H groups in total. The summed E-state index contributed by atoms with van der Waals surface area (Å²) in [6.45, 7) is 0. The van der Waals surface area contributed by atoms with Crippen LogP contribution in [-0.2, 0) is 0 Å². The van der Waals surface area contributed by atoms with Crippen molar-refractivity contribution in [3.8, 4) is 68.9 Å². The Morgan fingerprint density at radius 3 is 0.877 bits per heavy atom. The first kappa shape index (κ1) is 33.7. The predicted molar refractivity (Wildman–Crippen MR) is 220 cm³/mol. The maximum atomic E-state index is 5.58. The molecule has 0 saturated carbocycles. The van der Waals surface area contributed by atoms with E-state index < -0.39 is 0 Å². The third kappa shape index (κ3) is 5.78. The van der Waals surface area contributed by atoms with Gasteiger partial charge in [-0.15, -0.1) is 0 Å². The number of hydrogen-bond acceptors (Lipinski definition) is 9. The van der Waals surface area contributed by atoms with Gasteiger partial charge in [0.15, 0.2) is 16.9 Å². The highest BCUT2D eigenvalue weighted by molar-refractivity contribution is 5.88. The predicted octanol–water partition coefficient (Wildman–Crippen LogP) is 8.92. The zero-order valence-electron chi connectivity index (χ0n) is 31.1. The summed E-state index contributed by atoms with van der Waals surface area (Å²) in [6.07, 6.45) is 0. The quantitative estimate of drug-likeness (QED) is 0.143. The number of fused-ring (bicyclic) bond motifs is 3. The molecule has 0 aliphatic carbocycles. The lowest BCUT2D eigenvalue weighted by Crippen LogP contribution is -2.03. The number of nitrogens with zero attached hydrogens (tertiary/aromatic N) is 9. The van der Waals surface area contributed by atoms with Crippen molar-refractivity contribution in [2.75, 3.05) is 21.3 Å². The molecular formula is C45H33N9O3. The number of imidazole rings is 3. The van der Waals surface area contributed by atoms with Crippen molar-refractivity contribution in [2.24, 2.45) is 0 Å². The molecular weight excluding hydrogens is 715 g/mol. The number of ether oxygens (including phenoxy) is 3. The average Bonchev–Trinajstić information content (AvgIpc) is 3.98. The highest BCUT2D eigenvalue weighted by atomic mass is 16.5. The number of hydrogen-bond donors (Lipinski definition) is 0. The van der Waals surface area contributed by atoms with Gasteiger partial charge in [-0.05, 0) is 72.8 Å². The zero-order valence-corrected chi connectivity index (χ0v) is 31.1. The Bertz CT molecular complexity index is 2740. The molecule has 10 aromatic rings. The number of methoxy groups -OCH3 is 3. The van der Waals surface area contributed by atoms with E-state index in [0.29, 0.717) is 68.6 Å². The Kier molecular flexibility index (Phi) is 8.14. The minimum absolute atomic E-state index is 0.486. The van der Waals surface area contributed by atoms with Crippen LogP contribution in [0.5, 0.6) is 17.6 Å². The van der Waals surface area contributed by atoms with Gasteiger partial charge in [0.05, 0.1) is 21.3 Å². The fourth-order valence-corrected chi connectivity index (χ4v) is 7.22. The highest BCUT2D eigenvalue weighted by Crippen LogP contribution is 2.39. The summed E-state index contributed by atoms with van der Waals surface area (Å²) >= 11 is 0. The van der Waals surface area contributed by atoms with Crippen LogP contribution in [0.4, 0.5) is 0 Å². The van der Waals surface area contributed by atoms with Crippen molar-refractivity contribution < 1.29 is 14.2 Å². The van der Waals surface area contributed by atoms with Gasteiger partial charge in [0.1, 0.15) is 34.0 Å². The summed E-state index contributed by atoms with van der Waals surface area (Å²) in [5.74, 6) is 3.47. The second-order valence-corrected chi connectivity index (χ2v) is 13.2. The first-order valence-corrected chi connectivity index (χ1v) is 18.2. The summed E-state index contributed by atoms with van der Waals surface area (Å²) in [5.41, 5.74) is 9.18. The van der Waals surface area contributed by atoms with Crippen LogP contribution in [0.25, 0.3) is 84.7 Å². The van der Waals surface area contributed by atoms with E-state index in [2.05, 4.69) is 31.9 Å². The normalized spacial score (nSPS) is 11.4. The Balaban J connectivity index is 1.32. The van der Waals surface area contributed by atoms with Gasteiger partial charge in [0.2, 0.25) is 17.6 Å². The third-order valence-corrected chi connectivity index (χ3v) is 9.82. The molecule has 0 aliphatic rings. The monoisotopic (exact) mass is 747 g/mol. The van der Waals surface area contributed by atoms with Gasteiger partial charge in [0, 0.05) is 52.0 Å². The van der Waals surface area contributed by atoms with Crippen LogP contribution in [0.3, 0.4) is 0 Å². The van der Waals surface area contributed by atoms with E-state index in [0.717, 1.165) is 33.8 Å². The van der Waals surface area contributed by atoms with Crippen LogP contribution in [0.1, 0.15) is 0 Å². The topological polar surface area (TPSA) is 120 Å². The Labute approximate surface area is 326 Å². The van der Waals surface area contributed by atoms with Crippen LogP contribution < -0.4 is 14.2 Å². The van der Waals surface area contributed by atoms with Crippen molar-refractivity contribution in [3.05, 3.63) is 146 Å². The molecule has 0 unspecified atom stereocenters. The standard InChI is InChI=1S/C45H33N9O3/c1-55-37-22-19-34-43(49-37)52(31-13-7-4-8-14-31)40(46-34)28-25-29(41-47-35-20-23-38(56-2)50-44(35)53(41)32-15-9-5-10-16-32)27-30(26-28)42-48-36-21-24-39(57-3)51-45(36)54(42)33-17-11-6-12-18-33/h4-27H,1-3H3. The minimum Gasteiger partial charge on any atom is -0.481 e. The smallest absolute Gasteiger partial charge is 0.215 e. The van der Waals surface area contributed by atoms with Crippen molar-refractivity contribution in [1.82, 2.24) is 43.6 Å². The van der Waals surface area contributed by atoms with Crippen molar-refractivity contribution in [3.63, 3.8) is 0 Å². The van der Waals surface area contributed by atoms with Gasteiger partial charge in [-0.2, -0.15) is 15.0 Å². The SMILES string of the molecule is COc1ccc2nc(-c3cc(-c4nc5ccc(OC)nc5n4-c4ccccc4)cc(-c4nc5ccc(OC)nc5n4-c4ccccc4)c3)n(-c3ccccc3)c2n1. The van der Waals surface area contributed by atoms with Crippen LogP contribution in [0.2, 0.25) is 0 Å². The molecule has 0 atom stereocenters. The largest absolute Gasteiger partial charge is 0.481 e. The van der Waals surface area contributed by atoms with E-state index in [1.54, 1.807) is 21.3 Å². The number of pyridine rings is 3. The summed E-state index contributed by atoms with van der Waals surface area (Å²) < 4.78 is 22.9. The number of rotatable bonds is 9. The fraction of sp³-hybridized carbons (Fsp3) is 0.0667. The fourth-order valence-electron chi connectivity index (χ4n) is 7.22. The molecule has 276 valence electrons. The first-order valence-electron chi connectivity index (χ1n) is 18.2. The zero-order chi connectivity index (χ0) is 38.5. The molecule has 6 heterocycles. The minimum atomic E-state index is 0.486. The van der Waals surface area contributed by atoms with E-state index in [9.17, 15) is 0 Å². The number of benzene rings is 4. The maximum absolute atomic E-state index is 5.58. The lowest BCUT2D eigenvalue weighted by Gasteiger charge is -2.15. The molecule has 12 heteroatoms. The number of aromatic nitrogens is 9. The lowest BCUT2D eigenvalue weighted by atomic mass is 10.0. The lowest BCUT2D eigenvalue weighted by molar-refractivity contribution is 0.399. The Morgan fingerprint density at radius 2 is 0.614 bits per heavy atom. The first-order chi connectivity index (χ1) is 28.1. The van der Waals surface area contributed by atoms with Gasteiger partial charge < -0.3 is 14.2 Å². The van der Waals surface area contributed by atoms with E-state index in [-0.39, 0.29) is 0 Å². The summed E-state index contributed by atoms with van der Waals surface area (Å²) in [4.78, 5) is 30.3. The molecule has 6 aromatic heterocycles. The summed E-state index contributed by atoms with van der Waals surface area (Å²) in [6, 6.07) is 47.8. The van der Waals surface area contributed by atoms with Crippen LogP contribution in [0.15, 0.2) is 146 Å². The Morgan fingerprint density at radius 1 is 0.333 bits per heavy atom. The van der Waals surface area contributed by atoms with Crippen molar-refractivity contribution in [2.45, 2.75) is 0 Å². The molecule has 4 aromatic carbocycles. The molecule has 57 heavy (non-hydrogen) atoms. The molecule has 0 radical (unpaired) electrons. The van der Waals surface area contributed by atoms with Crippen LogP contribution in [0, 0.1) is 0 Å². The van der Waals surface area contributed by atoms with Crippen molar-refractivity contribution in [1.29, 1.82) is 0 Å². The van der Waals surface area contributed by atoms with Crippen LogP contribution >= 0.6 is 0 Å². The second-order valence-electron chi connectivity index (χ2n) is 13.2. The molecule has 0 aliphatic heterocycles. The maximum Gasteiger partial charge on any atom is 0.215 e. The van der Waals surface area contributed by atoms with Crippen molar-refractivity contribution >= 4 is 33.5 Å². The van der Waals surface area contributed by atoms with Gasteiger partial charge in [-0.25, -0.2) is 15.0 Å². The van der Waals surface area contributed by atoms with Gasteiger partial charge >= 0.3 is 0 Å². The average molecular weight is 748 g/mol. The van der Waals surface area contributed by atoms with E-state index in [1.165, 1.54) is 0 Å². The molecule has 0 saturated heterocycles. The molecule has 0 amide bonds. The number of para-hydroxylation sites is 3. The van der Waals surface area contributed by atoms with E-state index in [1.807, 2.05) is 127 Å². The summed E-state index contributed by atoms with van der Waals surface area (Å²) in [7, 11) is 4.84. The van der Waals surface area contributed by atoms with E-state index in [4.69, 9.17) is 44.1 Å². The Hall–Kier alpha value is -7.86.